The molecule has 0 aromatic heterocycles. The number of carbonyl (C=O) groups is 1. The Balaban J connectivity index is 2.37. The summed E-state index contributed by atoms with van der Waals surface area (Å²) in [5.41, 5.74) is 3.19. The van der Waals surface area contributed by atoms with E-state index in [1.807, 2.05) is 24.3 Å². The van der Waals surface area contributed by atoms with Crippen molar-refractivity contribution in [1.29, 1.82) is 0 Å². The lowest BCUT2D eigenvalue weighted by Crippen LogP contribution is -2.13. The molecular formula is C19H21ClO2. The van der Waals surface area contributed by atoms with Crippen LogP contribution in [0.2, 0.25) is 5.02 Å². The summed E-state index contributed by atoms with van der Waals surface area (Å²) in [5, 5.41) is 0.661. The number of ether oxygens (including phenoxy) is 1. The van der Waals surface area contributed by atoms with Crippen molar-refractivity contribution < 1.29 is 9.53 Å². The molecule has 0 amide bonds. The van der Waals surface area contributed by atoms with Gasteiger partial charge < -0.3 is 4.74 Å². The molecule has 0 bridgehead atoms. The van der Waals surface area contributed by atoms with Crippen LogP contribution in [0.1, 0.15) is 50.5 Å². The van der Waals surface area contributed by atoms with Gasteiger partial charge in [-0.2, -0.15) is 0 Å². The van der Waals surface area contributed by atoms with E-state index >= 15 is 0 Å². The van der Waals surface area contributed by atoms with Crippen molar-refractivity contribution >= 4 is 17.6 Å². The van der Waals surface area contributed by atoms with Crippen LogP contribution in [0.15, 0.2) is 48.5 Å². The zero-order chi connectivity index (χ0) is 16.3. The molecule has 0 aliphatic carbocycles. The van der Waals surface area contributed by atoms with E-state index in [1.165, 1.54) is 12.5 Å². The van der Waals surface area contributed by atoms with E-state index in [0.717, 1.165) is 11.1 Å². The Kier molecular flexibility index (Phi) is 4.92. The highest BCUT2D eigenvalue weighted by Crippen LogP contribution is 2.30. The highest BCUT2D eigenvalue weighted by Gasteiger charge is 2.19. The van der Waals surface area contributed by atoms with Gasteiger partial charge in [0.15, 0.2) is 6.10 Å². The highest BCUT2D eigenvalue weighted by molar-refractivity contribution is 6.30. The van der Waals surface area contributed by atoms with Crippen LogP contribution in [0.5, 0.6) is 0 Å². The molecule has 0 aliphatic rings. The summed E-state index contributed by atoms with van der Waals surface area (Å²) >= 11 is 5.93. The second-order valence-corrected chi connectivity index (χ2v) is 6.85. The van der Waals surface area contributed by atoms with E-state index in [2.05, 4.69) is 32.9 Å². The van der Waals surface area contributed by atoms with Gasteiger partial charge in [0.25, 0.3) is 0 Å². The molecule has 116 valence electrons. The topological polar surface area (TPSA) is 26.3 Å². The third-order valence-corrected chi connectivity index (χ3v) is 3.79. The first-order valence-corrected chi connectivity index (χ1v) is 7.68. The standard InChI is InChI=1S/C19H21ClO2/c1-13(21)22-18(15-7-11-17(20)12-8-15)14-5-9-16(10-6-14)19(2,3)4/h5-12,18H,1-4H3/t18-/m0/s1. The van der Waals surface area contributed by atoms with Crippen LogP contribution in [0, 0.1) is 0 Å². The Hall–Kier alpha value is -1.80. The van der Waals surface area contributed by atoms with Gasteiger partial charge in [0.2, 0.25) is 0 Å². The average Bonchev–Trinajstić information content (AvgIpc) is 2.45. The van der Waals surface area contributed by atoms with Gasteiger partial charge in [-0.15, -0.1) is 0 Å². The number of carbonyl (C=O) groups excluding carboxylic acids is 1. The van der Waals surface area contributed by atoms with Gasteiger partial charge in [-0.25, -0.2) is 0 Å². The predicted molar refractivity (Wildman–Crippen MR) is 90.2 cm³/mol. The molecule has 2 nitrogen and oxygen atoms in total. The fourth-order valence-electron chi connectivity index (χ4n) is 2.29. The van der Waals surface area contributed by atoms with Crippen molar-refractivity contribution in [3.63, 3.8) is 0 Å². The molecule has 0 saturated carbocycles. The van der Waals surface area contributed by atoms with Crippen LogP contribution in [-0.2, 0) is 14.9 Å². The van der Waals surface area contributed by atoms with Crippen LogP contribution in [0.25, 0.3) is 0 Å². The largest absolute Gasteiger partial charge is 0.453 e. The maximum Gasteiger partial charge on any atom is 0.303 e. The summed E-state index contributed by atoms with van der Waals surface area (Å²) in [6, 6.07) is 15.6. The normalized spacial score (nSPS) is 12.8. The minimum atomic E-state index is -0.413. The van der Waals surface area contributed by atoms with Gasteiger partial charge in [0.1, 0.15) is 0 Å². The molecule has 0 saturated heterocycles. The summed E-state index contributed by atoms with van der Waals surface area (Å²) in [5.74, 6) is -0.306. The molecule has 0 aliphatic heterocycles. The molecule has 2 rings (SSSR count). The molecule has 3 heteroatoms. The van der Waals surface area contributed by atoms with Gasteiger partial charge >= 0.3 is 5.97 Å². The number of rotatable bonds is 3. The number of benzene rings is 2. The molecular weight excluding hydrogens is 296 g/mol. The zero-order valence-corrected chi connectivity index (χ0v) is 14.1. The molecule has 2 aromatic rings. The van der Waals surface area contributed by atoms with E-state index in [9.17, 15) is 4.79 Å². The molecule has 0 N–H and O–H groups in total. The van der Waals surface area contributed by atoms with Crippen LogP contribution in [-0.4, -0.2) is 5.97 Å². The second kappa shape index (κ2) is 6.53. The first kappa shape index (κ1) is 16.6. The predicted octanol–water partition coefficient (Wildman–Crippen LogP) is 5.29. The van der Waals surface area contributed by atoms with Crippen molar-refractivity contribution in [3.8, 4) is 0 Å². The van der Waals surface area contributed by atoms with Crippen molar-refractivity contribution in [2.45, 2.75) is 39.2 Å². The molecule has 0 fully saturated rings. The smallest absolute Gasteiger partial charge is 0.303 e. The van der Waals surface area contributed by atoms with E-state index in [1.54, 1.807) is 12.1 Å². The van der Waals surface area contributed by atoms with Crippen LogP contribution < -0.4 is 0 Å². The lowest BCUT2D eigenvalue weighted by molar-refractivity contribution is -0.144. The lowest BCUT2D eigenvalue weighted by Gasteiger charge is -2.22. The maximum atomic E-state index is 11.4. The maximum absolute atomic E-state index is 11.4. The van der Waals surface area contributed by atoms with Crippen molar-refractivity contribution in [3.05, 3.63) is 70.2 Å². The number of hydrogen-bond acceptors (Lipinski definition) is 2. The lowest BCUT2D eigenvalue weighted by atomic mass is 9.86. The molecule has 0 unspecified atom stereocenters. The third kappa shape index (κ3) is 4.11. The zero-order valence-electron chi connectivity index (χ0n) is 13.4. The monoisotopic (exact) mass is 316 g/mol. The summed E-state index contributed by atoms with van der Waals surface area (Å²) in [6.45, 7) is 7.94. The van der Waals surface area contributed by atoms with Gasteiger partial charge in [0, 0.05) is 11.9 Å². The van der Waals surface area contributed by atoms with Crippen LogP contribution in [0.4, 0.5) is 0 Å². The Morgan fingerprint density at radius 2 is 1.41 bits per heavy atom. The Bertz CT molecular complexity index is 637. The molecule has 0 heterocycles. The van der Waals surface area contributed by atoms with E-state index in [4.69, 9.17) is 16.3 Å². The fourth-order valence-corrected chi connectivity index (χ4v) is 2.42. The summed E-state index contributed by atoms with van der Waals surface area (Å²) in [7, 11) is 0. The minimum Gasteiger partial charge on any atom is -0.453 e. The highest BCUT2D eigenvalue weighted by atomic mass is 35.5. The molecule has 1 atom stereocenters. The second-order valence-electron chi connectivity index (χ2n) is 6.41. The minimum absolute atomic E-state index is 0.0930. The van der Waals surface area contributed by atoms with Crippen molar-refractivity contribution in [2.24, 2.45) is 0 Å². The quantitative estimate of drug-likeness (QED) is 0.719. The Morgan fingerprint density at radius 1 is 0.955 bits per heavy atom. The van der Waals surface area contributed by atoms with Crippen LogP contribution >= 0.6 is 11.6 Å². The number of hydrogen-bond donors (Lipinski definition) is 0. The van der Waals surface area contributed by atoms with Gasteiger partial charge in [0.05, 0.1) is 0 Å². The number of halogens is 1. The van der Waals surface area contributed by atoms with Gasteiger partial charge in [-0.05, 0) is 34.2 Å². The average molecular weight is 317 g/mol. The molecule has 2 aromatic carbocycles. The summed E-state index contributed by atoms with van der Waals surface area (Å²) in [6.07, 6.45) is -0.413. The molecule has 22 heavy (non-hydrogen) atoms. The van der Waals surface area contributed by atoms with E-state index < -0.39 is 6.10 Å². The van der Waals surface area contributed by atoms with E-state index in [0.29, 0.717) is 5.02 Å². The van der Waals surface area contributed by atoms with Gasteiger partial charge in [-0.1, -0.05) is 68.8 Å². The third-order valence-electron chi connectivity index (χ3n) is 3.54. The first-order chi connectivity index (χ1) is 10.3. The Morgan fingerprint density at radius 3 is 1.82 bits per heavy atom. The summed E-state index contributed by atoms with van der Waals surface area (Å²) < 4.78 is 5.51. The SMILES string of the molecule is CC(=O)O[C@H](c1ccc(Cl)cc1)c1ccc(C(C)(C)C)cc1. The van der Waals surface area contributed by atoms with Crippen molar-refractivity contribution in [1.82, 2.24) is 0 Å². The Labute approximate surface area is 137 Å². The van der Waals surface area contributed by atoms with E-state index in [-0.39, 0.29) is 11.4 Å². The fraction of sp³-hybridized carbons (Fsp3) is 0.316. The van der Waals surface area contributed by atoms with Crippen molar-refractivity contribution in [2.75, 3.05) is 0 Å². The molecule has 0 spiro atoms. The molecule has 0 radical (unpaired) electrons. The van der Waals surface area contributed by atoms with Crippen LogP contribution in [0.3, 0.4) is 0 Å². The van der Waals surface area contributed by atoms with Gasteiger partial charge in [-0.3, -0.25) is 4.79 Å². The first-order valence-electron chi connectivity index (χ1n) is 7.30. The number of esters is 1. The summed E-state index contributed by atoms with van der Waals surface area (Å²) in [4.78, 5) is 11.4.